The first-order valence-electron chi connectivity index (χ1n) is 4.83. The minimum absolute atomic E-state index is 0.988. The number of rotatable bonds is 1. The van der Waals surface area contributed by atoms with Gasteiger partial charge in [-0.15, -0.1) is 0 Å². The fourth-order valence-electron chi connectivity index (χ4n) is 1.54. The van der Waals surface area contributed by atoms with E-state index in [1.165, 1.54) is 0 Å². The van der Waals surface area contributed by atoms with Crippen LogP contribution < -0.4 is 5.32 Å². The molecule has 0 fully saturated rings. The molecule has 2 heterocycles. The summed E-state index contributed by atoms with van der Waals surface area (Å²) in [6.07, 6.45) is 7.82. The molecular weight excluding hydrogens is 254 g/mol. The Kier molecular flexibility index (Phi) is 3.16. The highest BCUT2D eigenvalue weighted by atomic mass is 79.9. The molecule has 2 rings (SSSR count). The third kappa shape index (κ3) is 2.45. The van der Waals surface area contributed by atoms with Crippen LogP contribution in [0.15, 0.2) is 34.0 Å². The molecule has 1 aliphatic heterocycles. The highest BCUT2D eigenvalue weighted by Crippen LogP contribution is 2.19. The molecule has 3 nitrogen and oxygen atoms in total. The lowest BCUT2D eigenvalue weighted by Gasteiger charge is -2.17. The monoisotopic (exact) mass is 265 g/mol. The van der Waals surface area contributed by atoms with Crippen LogP contribution in [0.25, 0.3) is 5.70 Å². The second-order valence-electron chi connectivity index (χ2n) is 3.34. The van der Waals surface area contributed by atoms with Gasteiger partial charge in [0.2, 0.25) is 0 Å². The molecule has 0 atom stereocenters. The van der Waals surface area contributed by atoms with Crippen molar-refractivity contribution in [1.82, 2.24) is 10.3 Å². The Morgan fingerprint density at radius 1 is 1.47 bits per heavy atom. The second kappa shape index (κ2) is 4.57. The molecule has 4 heteroatoms. The van der Waals surface area contributed by atoms with E-state index in [0.717, 1.165) is 34.4 Å². The molecule has 0 aromatic carbocycles. The van der Waals surface area contributed by atoms with Crippen LogP contribution in [0.5, 0.6) is 0 Å². The molecule has 1 aliphatic rings. The Balaban J connectivity index is 2.28. The maximum atomic E-state index is 4.18. The molecule has 1 aromatic rings. The van der Waals surface area contributed by atoms with Gasteiger partial charge in [0, 0.05) is 41.6 Å². The van der Waals surface area contributed by atoms with E-state index >= 15 is 0 Å². The minimum Gasteiger partial charge on any atom is -0.344 e. The highest BCUT2D eigenvalue weighted by Gasteiger charge is 2.10. The largest absolute Gasteiger partial charge is 0.344 e. The van der Waals surface area contributed by atoms with Gasteiger partial charge in [-0.1, -0.05) is 6.08 Å². The molecule has 0 saturated heterocycles. The van der Waals surface area contributed by atoms with Crippen molar-refractivity contribution in [2.75, 3.05) is 7.05 Å². The summed E-state index contributed by atoms with van der Waals surface area (Å²) in [5.41, 5.74) is 2.18. The van der Waals surface area contributed by atoms with Gasteiger partial charge in [-0.05, 0) is 28.4 Å². The van der Waals surface area contributed by atoms with Crippen molar-refractivity contribution in [3.8, 4) is 0 Å². The molecule has 0 unspecified atom stereocenters. The van der Waals surface area contributed by atoms with E-state index < -0.39 is 0 Å². The first-order chi connectivity index (χ1) is 7.29. The molecule has 0 aliphatic carbocycles. The number of nitrogens with zero attached hydrogens (tertiary/aromatic N) is 2. The topological polar surface area (TPSA) is 37.3 Å². The van der Waals surface area contributed by atoms with Crippen LogP contribution in [0.3, 0.4) is 0 Å². The Morgan fingerprint density at radius 3 is 3.07 bits per heavy atom. The van der Waals surface area contributed by atoms with Crippen LogP contribution >= 0.6 is 15.9 Å². The van der Waals surface area contributed by atoms with Gasteiger partial charge in [0.1, 0.15) is 5.84 Å². The van der Waals surface area contributed by atoms with E-state index in [1.54, 1.807) is 6.20 Å². The van der Waals surface area contributed by atoms with Crippen molar-refractivity contribution in [3.63, 3.8) is 0 Å². The fraction of sp³-hybridized carbons (Fsp3) is 0.273. The first kappa shape index (κ1) is 10.4. The zero-order valence-corrected chi connectivity index (χ0v) is 10.1. The number of amidine groups is 1. The van der Waals surface area contributed by atoms with Crippen molar-refractivity contribution in [2.24, 2.45) is 4.99 Å². The summed E-state index contributed by atoms with van der Waals surface area (Å²) in [5, 5.41) is 3.30. The summed E-state index contributed by atoms with van der Waals surface area (Å²) in [6.45, 7) is 0. The van der Waals surface area contributed by atoms with Crippen molar-refractivity contribution < 1.29 is 0 Å². The van der Waals surface area contributed by atoms with Gasteiger partial charge in [0.15, 0.2) is 0 Å². The number of pyridine rings is 1. The summed E-state index contributed by atoms with van der Waals surface area (Å²) >= 11 is 3.41. The molecule has 0 saturated carbocycles. The number of hydrogen-bond acceptors (Lipinski definition) is 2. The number of aromatic nitrogens is 1. The number of nitrogens with one attached hydrogen (secondary N) is 1. The Hall–Kier alpha value is -1.16. The fourth-order valence-corrected chi connectivity index (χ4v) is 1.90. The zero-order chi connectivity index (χ0) is 10.7. The van der Waals surface area contributed by atoms with E-state index in [0.29, 0.717) is 0 Å². The lowest BCUT2D eigenvalue weighted by atomic mass is 10.1. The van der Waals surface area contributed by atoms with Crippen LogP contribution in [0.2, 0.25) is 0 Å². The van der Waals surface area contributed by atoms with Crippen molar-refractivity contribution in [2.45, 2.75) is 12.8 Å². The molecule has 0 radical (unpaired) electrons. The van der Waals surface area contributed by atoms with Crippen LogP contribution in [-0.4, -0.2) is 17.9 Å². The van der Waals surface area contributed by atoms with Gasteiger partial charge in [0.25, 0.3) is 0 Å². The summed E-state index contributed by atoms with van der Waals surface area (Å²) in [5.74, 6) is 1.03. The molecular formula is C11H12BrN3. The molecule has 15 heavy (non-hydrogen) atoms. The smallest absolute Gasteiger partial charge is 0.101 e. The number of aliphatic imine (C=N–C) groups is 1. The predicted molar refractivity (Wildman–Crippen MR) is 65.6 cm³/mol. The van der Waals surface area contributed by atoms with Crippen LogP contribution in [0, 0.1) is 0 Å². The standard InChI is InChI=1S/C11H12BrN3/c1-13-11-4-2-3-10(15-11)8-5-9(12)7-14-6-8/h3,5-7H,2,4H2,1H3,(H,13,15). The Labute approximate surface area is 97.5 Å². The van der Waals surface area contributed by atoms with Crippen molar-refractivity contribution >= 4 is 27.5 Å². The molecule has 0 amide bonds. The van der Waals surface area contributed by atoms with E-state index in [2.05, 4.69) is 37.3 Å². The zero-order valence-electron chi connectivity index (χ0n) is 8.50. The SMILES string of the molecule is CN=C1CCC=C(c2cncc(Br)c2)N1. The van der Waals surface area contributed by atoms with Crippen molar-refractivity contribution in [1.29, 1.82) is 0 Å². The summed E-state index contributed by atoms with van der Waals surface area (Å²) < 4.78 is 0.989. The van der Waals surface area contributed by atoms with Gasteiger partial charge >= 0.3 is 0 Å². The van der Waals surface area contributed by atoms with Crippen LogP contribution in [0.1, 0.15) is 18.4 Å². The third-order valence-electron chi connectivity index (χ3n) is 2.29. The van der Waals surface area contributed by atoms with Crippen LogP contribution in [0.4, 0.5) is 0 Å². The van der Waals surface area contributed by atoms with Gasteiger partial charge in [-0.3, -0.25) is 9.98 Å². The van der Waals surface area contributed by atoms with Crippen LogP contribution in [-0.2, 0) is 0 Å². The van der Waals surface area contributed by atoms with Crippen molar-refractivity contribution in [3.05, 3.63) is 34.6 Å². The van der Waals surface area contributed by atoms with Gasteiger partial charge in [-0.25, -0.2) is 0 Å². The Bertz CT molecular complexity index is 424. The molecule has 1 N–H and O–H groups in total. The quantitative estimate of drug-likeness (QED) is 0.848. The lowest BCUT2D eigenvalue weighted by Crippen LogP contribution is -2.25. The Morgan fingerprint density at radius 2 is 2.33 bits per heavy atom. The maximum absolute atomic E-state index is 4.18. The summed E-state index contributed by atoms with van der Waals surface area (Å²) in [7, 11) is 1.81. The molecule has 0 spiro atoms. The molecule has 1 aromatic heterocycles. The summed E-state index contributed by atoms with van der Waals surface area (Å²) in [6, 6.07) is 2.05. The second-order valence-corrected chi connectivity index (χ2v) is 4.26. The molecule has 0 bridgehead atoms. The predicted octanol–water partition coefficient (Wildman–Crippen LogP) is 2.60. The number of allylic oxidation sites excluding steroid dienone is 1. The number of hydrogen-bond donors (Lipinski definition) is 1. The normalized spacial score (nSPS) is 18.5. The molecule has 78 valence electrons. The van der Waals surface area contributed by atoms with Gasteiger partial charge < -0.3 is 5.32 Å². The average molecular weight is 266 g/mol. The average Bonchev–Trinajstić information content (AvgIpc) is 2.29. The van der Waals surface area contributed by atoms with E-state index in [4.69, 9.17) is 0 Å². The highest BCUT2D eigenvalue weighted by molar-refractivity contribution is 9.10. The van der Waals surface area contributed by atoms with Gasteiger partial charge in [0.05, 0.1) is 0 Å². The minimum atomic E-state index is 0.988. The first-order valence-corrected chi connectivity index (χ1v) is 5.62. The van der Waals surface area contributed by atoms with E-state index in [9.17, 15) is 0 Å². The third-order valence-corrected chi connectivity index (χ3v) is 2.73. The van der Waals surface area contributed by atoms with E-state index in [-0.39, 0.29) is 0 Å². The maximum Gasteiger partial charge on any atom is 0.101 e. The lowest BCUT2D eigenvalue weighted by molar-refractivity contribution is 0.987. The van der Waals surface area contributed by atoms with E-state index in [1.807, 2.05) is 19.3 Å². The summed E-state index contributed by atoms with van der Waals surface area (Å²) in [4.78, 5) is 8.32. The number of halogens is 1. The van der Waals surface area contributed by atoms with Gasteiger partial charge in [-0.2, -0.15) is 0 Å².